The Balaban J connectivity index is 0.907. The third kappa shape index (κ3) is 5.98. The molecule has 250 valence electrons. The van der Waals surface area contributed by atoms with Gasteiger partial charge in [-0.25, -0.2) is 9.50 Å². The van der Waals surface area contributed by atoms with Crippen molar-refractivity contribution in [3.8, 4) is 28.0 Å². The Bertz CT molecular complexity index is 1960. The van der Waals surface area contributed by atoms with Gasteiger partial charge in [-0.05, 0) is 74.4 Å². The summed E-state index contributed by atoms with van der Waals surface area (Å²) in [6.45, 7) is 6.80. The highest BCUT2D eigenvalue weighted by Gasteiger charge is 2.42. The van der Waals surface area contributed by atoms with Gasteiger partial charge < -0.3 is 19.9 Å². The van der Waals surface area contributed by atoms with Gasteiger partial charge in [0.1, 0.15) is 11.9 Å². The normalized spacial score (nSPS) is 23.0. The fourth-order valence-electron chi connectivity index (χ4n) is 8.09. The number of pyridine rings is 2. The average Bonchev–Trinajstić information content (AvgIpc) is 3.96. The van der Waals surface area contributed by atoms with Crippen molar-refractivity contribution in [3.05, 3.63) is 66.6 Å². The van der Waals surface area contributed by atoms with Crippen LogP contribution in [0.3, 0.4) is 0 Å². The highest BCUT2D eigenvalue weighted by atomic mass is 32.1. The quantitative estimate of drug-likeness (QED) is 0.241. The molecular formula is C36H39N11OS. The molecule has 12 nitrogen and oxygen atoms in total. The maximum Gasteiger partial charge on any atom is 0.208 e. The van der Waals surface area contributed by atoms with E-state index in [1.54, 1.807) is 17.5 Å². The Morgan fingerprint density at radius 2 is 1.82 bits per heavy atom. The average molecular weight is 674 g/mol. The van der Waals surface area contributed by atoms with E-state index in [4.69, 9.17) is 19.9 Å². The Morgan fingerprint density at radius 3 is 2.59 bits per heavy atom. The van der Waals surface area contributed by atoms with Crippen LogP contribution in [0.4, 0.5) is 16.6 Å². The van der Waals surface area contributed by atoms with E-state index in [2.05, 4.69) is 54.4 Å². The van der Waals surface area contributed by atoms with Crippen LogP contribution >= 0.6 is 11.3 Å². The fraction of sp³-hybridized carbons (Fsp3) is 0.444. The zero-order valence-electron chi connectivity index (χ0n) is 27.4. The van der Waals surface area contributed by atoms with Crippen LogP contribution in [-0.2, 0) is 4.74 Å². The zero-order valence-corrected chi connectivity index (χ0v) is 28.2. The first-order valence-electron chi connectivity index (χ1n) is 17.4. The van der Waals surface area contributed by atoms with Crippen molar-refractivity contribution in [3.63, 3.8) is 0 Å². The van der Waals surface area contributed by atoms with Crippen LogP contribution in [0.5, 0.6) is 0 Å². The molecule has 9 heterocycles. The second-order valence-corrected chi connectivity index (χ2v) is 14.7. The Kier molecular flexibility index (Phi) is 8.07. The number of nitrogens with zero attached hydrogens (tertiary/aromatic N) is 10. The summed E-state index contributed by atoms with van der Waals surface area (Å²) >= 11 is 1.66. The lowest BCUT2D eigenvalue weighted by Gasteiger charge is -2.43. The van der Waals surface area contributed by atoms with Gasteiger partial charge in [0.25, 0.3) is 0 Å². The molecule has 13 heteroatoms. The van der Waals surface area contributed by atoms with E-state index in [0.717, 1.165) is 89.2 Å². The van der Waals surface area contributed by atoms with Gasteiger partial charge in [0.05, 0.1) is 46.9 Å². The van der Waals surface area contributed by atoms with Gasteiger partial charge in [-0.1, -0.05) is 17.4 Å². The van der Waals surface area contributed by atoms with Gasteiger partial charge in [-0.2, -0.15) is 10.4 Å². The lowest BCUT2D eigenvalue weighted by molar-refractivity contribution is 0.133. The molecule has 4 aliphatic heterocycles. The van der Waals surface area contributed by atoms with Crippen LogP contribution in [0.15, 0.2) is 61.1 Å². The molecule has 5 aromatic heterocycles. The SMILES string of the molecule is N#Cc1cnn2c(-c3cc(NC4CCOC4)c(-c4nnc(N5CC6CCC(C5)N6CC5CCN(c6ccccn6)CC5)s4)cn3)ccc2c1. The summed E-state index contributed by atoms with van der Waals surface area (Å²) in [5.41, 5.74) is 4.95. The number of anilines is 3. The van der Waals surface area contributed by atoms with E-state index < -0.39 is 0 Å². The molecule has 2 bridgehead atoms. The molecule has 0 radical (unpaired) electrons. The predicted octanol–water partition coefficient (Wildman–Crippen LogP) is 4.95. The number of rotatable bonds is 8. The minimum atomic E-state index is 0.215. The Morgan fingerprint density at radius 1 is 0.939 bits per heavy atom. The molecule has 0 amide bonds. The van der Waals surface area contributed by atoms with Gasteiger partial charge in [-0.3, -0.25) is 9.88 Å². The minimum Gasteiger partial charge on any atom is -0.379 e. The summed E-state index contributed by atoms with van der Waals surface area (Å²) in [6.07, 6.45) is 11.3. The number of nitriles is 1. The van der Waals surface area contributed by atoms with Crippen molar-refractivity contribution < 1.29 is 4.74 Å². The van der Waals surface area contributed by atoms with E-state index in [1.165, 1.54) is 32.2 Å². The summed E-state index contributed by atoms with van der Waals surface area (Å²) in [6, 6.07) is 17.6. The highest BCUT2D eigenvalue weighted by molar-refractivity contribution is 7.18. The first kappa shape index (κ1) is 30.4. The summed E-state index contributed by atoms with van der Waals surface area (Å²) in [5.74, 6) is 1.85. The van der Waals surface area contributed by atoms with Crippen molar-refractivity contribution in [1.29, 1.82) is 5.26 Å². The van der Waals surface area contributed by atoms with E-state index in [9.17, 15) is 5.26 Å². The summed E-state index contributed by atoms with van der Waals surface area (Å²) < 4.78 is 7.51. The zero-order chi connectivity index (χ0) is 32.7. The fourth-order valence-corrected chi connectivity index (χ4v) is 8.98. The second-order valence-electron chi connectivity index (χ2n) is 13.7. The topological polar surface area (TPSA) is 124 Å². The van der Waals surface area contributed by atoms with Gasteiger partial charge >= 0.3 is 0 Å². The van der Waals surface area contributed by atoms with Gasteiger partial charge in [-0.15, -0.1) is 10.2 Å². The van der Waals surface area contributed by atoms with Crippen molar-refractivity contribution in [2.45, 2.75) is 50.2 Å². The number of ether oxygens (including phenoxy) is 1. The molecule has 0 saturated carbocycles. The molecule has 5 aromatic rings. The largest absolute Gasteiger partial charge is 0.379 e. The third-order valence-electron chi connectivity index (χ3n) is 10.7. The van der Waals surface area contributed by atoms with Crippen LogP contribution in [0.1, 0.15) is 37.7 Å². The van der Waals surface area contributed by atoms with Crippen molar-refractivity contribution in [2.75, 3.05) is 61.1 Å². The van der Waals surface area contributed by atoms with E-state index in [1.807, 2.05) is 41.2 Å². The Labute approximate surface area is 289 Å². The molecule has 0 aromatic carbocycles. The molecule has 0 aliphatic carbocycles. The number of hydrogen-bond acceptors (Lipinski definition) is 12. The van der Waals surface area contributed by atoms with Gasteiger partial charge in [0.15, 0.2) is 5.01 Å². The molecule has 3 unspecified atom stereocenters. The van der Waals surface area contributed by atoms with Crippen LogP contribution in [-0.4, -0.2) is 98.7 Å². The number of aromatic nitrogens is 6. The maximum absolute atomic E-state index is 9.31. The first-order valence-corrected chi connectivity index (χ1v) is 18.2. The van der Waals surface area contributed by atoms with Gasteiger partial charge in [0.2, 0.25) is 5.13 Å². The lowest BCUT2D eigenvalue weighted by atomic mass is 9.95. The minimum absolute atomic E-state index is 0.215. The van der Waals surface area contributed by atoms with Crippen molar-refractivity contribution >= 4 is 33.5 Å². The van der Waals surface area contributed by atoms with E-state index in [0.29, 0.717) is 24.3 Å². The molecule has 4 saturated heterocycles. The predicted molar refractivity (Wildman–Crippen MR) is 190 cm³/mol. The molecule has 9 rings (SSSR count). The molecule has 0 spiro atoms. The monoisotopic (exact) mass is 673 g/mol. The summed E-state index contributed by atoms with van der Waals surface area (Å²) in [5, 5.41) is 28.8. The summed E-state index contributed by atoms with van der Waals surface area (Å²) in [4.78, 5) is 17.2. The standard InChI is InChI=1S/C36H39N11OS/c37-17-25-15-27-6-7-33(47(27)40-18-25)32-16-31(41-26-10-14-48-23-26)30(19-39-32)35-42-43-36(49-35)45-21-28-4-5-29(22-45)46(28)20-24-8-12-44(13-9-24)34-3-1-2-11-38-34/h1-3,6-7,11,15-16,18-19,24,26,28-29H,4-5,8-10,12-14,20-23H2,(H,39,41). The number of hydrogen-bond donors (Lipinski definition) is 1. The lowest BCUT2D eigenvalue weighted by Crippen LogP contribution is -2.55. The van der Waals surface area contributed by atoms with Crippen LogP contribution in [0.25, 0.3) is 27.5 Å². The number of piperidine rings is 1. The number of nitrogens with one attached hydrogen (secondary N) is 1. The molecular weight excluding hydrogens is 635 g/mol. The van der Waals surface area contributed by atoms with Gasteiger partial charge in [0, 0.05) is 69.5 Å². The number of piperazine rings is 1. The van der Waals surface area contributed by atoms with E-state index >= 15 is 0 Å². The first-order chi connectivity index (χ1) is 24.2. The second kappa shape index (κ2) is 13.0. The molecule has 3 atom stereocenters. The maximum atomic E-state index is 9.31. The molecule has 4 fully saturated rings. The van der Waals surface area contributed by atoms with Crippen LogP contribution in [0, 0.1) is 17.2 Å². The van der Waals surface area contributed by atoms with Crippen molar-refractivity contribution in [2.24, 2.45) is 5.92 Å². The molecule has 49 heavy (non-hydrogen) atoms. The van der Waals surface area contributed by atoms with Crippen LogP contribution < -0.4 is 15.1 Å². The number of fused-ring (bicyclic) bond motifs is 3. The van der Waals surface area contributed by atoms with E-state index in [-0.39, 0.29) is 6.04 Å². The van der Waals surface area contributed by atoms with Crippen LogP contribution in [0.2, 0.25) is 0 Å². The smallest absolute Gasteiger partial charge is 0.208 e. The highest BCUT2D eigenvalue weighted by Crippen LogP contribution is 2.39. The summed E-state index contributed by atoms with van der Waals surface area (Å²) in [7, 11) is 0. The third-order valence-corrected chi connectivity index (χ3v) is 11.7. The molecule has 4 aliphatic rings. The Hall–Kier alpha value is -4.64. The van der Waals surface area contributed by atoms with Crippen molar-refractivity contribution in [1.82, 2.24) is 34.7 Å². The molecule has 1 N–H and O–H groups in total.